The molecule has 0 bridgehead atoms. The molecule has 4 aromatic carbocycles. The van der Waals surface area contributed by atoms with Gasteiger partial charge in [0.1, 0.15) is 20.7 Å². The highest BCUT2D eigenvalue weighted by Gasteiger charge is 2.54. The summed E-state index contributed by atoms with van der Waals surface area (Å²) in [5, 5.41) is 42.2. The van der Waals surface area contributed by atoms with Gasteiger partial charge in [-0.2, -0.15) is 9.15 Å². The first-order valence-corrected chi connectivity index (χ1v) is 25.3. The van der Waals surface area contributed by atoms with Crippen molar-refractivity contribution in [1.29, 1.82) is 0 Å². The first-order chi connectivity index (χ1) is 34.1. The van der Waals surface area contributed by atoms with Gasteiger partial charge in [-0.1, -0.05) is 65.8 Å². The molecular weight excluding hydrogens is 917 g/mol. The molecule has 376 valence electrons. The van der Waals surface area contributed by atoms with Crippen LogP contribution in [0.1, 0.15) is 119 Å². The van der Waals surface area contributed by atoms with Crippen molar-refractivity contribution in [3.63, 3.8) is 0 Å². The average molecular weight is 983 g/mol. The molecule has 0 amide bonds. The van der Waals surface area contributed by atoms with E-state index in [-0.39, 0.29) is 29.2 Å². The van der Waals surface area contributed by atoms with Crippen molar-refractivity contribution in [2.24, 2.45) is 11.8 Å². The zero-order valence-corrected chi connectivity index (χ0v) is 44.3. The number of carbonyl (C=O) groups excluding carboxylic acids is 2. The van der Waals surface area contributed by atoms with Crippen LogP contribution in [0.15, 0.2) is 108 Å². The molecule has 12 nitrogen and oxygen atoms in total. The SMILES string of the molecule is CN1C(=CC2C(=O)C(=CC3=[N+](C)c4cc5c(cc4C3(C)C)-c3cc4c(cc3C5(C)C)[N+](C)=C(C=C3C(=O)C(C=C5N(C)c6ccc(C(=O)O)cc6C5(C)C)C3O)C4(C)C)C2O)C(C)(C)c2cc(COO)ccc21. The minimum Gasteiger partial charge on any atom is -0.478 e. The first-order valence-electron chi connectivity index (χ1n) is 25.3. The largest absolute Gasteiger partial charge is 0.478 e. The van der Waals surface area contributed by atoms with Crippen LogP contribution in [0.25, 0.3) is 11.1 Å². The number of carboxylic acids is 1. The maximum Gasteiger partial charge on any atom is 0.335 e. The Hall–Kier alpha value is -6.57. The Morgan fingerprint density at radius 1 is 0.589 bits per heavy atom. The smallest absolute Gasteiger partial charge is 0.335 e. The number of aliphatic hydroxyl groups excluding tert-OH is 2. The molecule has 0 radical (unpaired) electrons. The second kappa shape index (κ2) is 15.5. The van der Waals surface area contributed by atoms with E-state index < -0.39 is 51.7 Å². The van der Waals surface area contributed by atoms with Crippen molar-refractivity contribution in [2.45, 2.75) is 115 Å². The fourth-order valence-electron chi connectivity index (χ4n) is 13.7. The van der Waals surface area contributed by atoms with Gasteiger partial charge in [-0.25, -0.2) is 9.68 Å². The number of carbonyl (C=O) groups is 3. The van der Waals surface area contributed by atoms with Crippen molar-refractivity contribution in [1.82, 2.24) is 0 Å². The molecule has 4 atom stereocenters. The van der Waals surface area contributed by atoms with Gasteiger partial charge in [-0.05, 0) is 103 Å². The molecule has 4 heterocycles. The minimum atomic E-state index is -1.00. The Balaban J connectivity index is 0.866. The Morgan fingerprint density at radius 3 is 1.42 bits per heavy atom. The maximum atomic E-state index is 14.1. The molecule has 12 heteroatoms. The number of aromatic carboxylic acids is 1. The summed E-state index contributed by atoms with van der Waals surface area (Å²) in [6.07, 6.45) is 5.63. The lowest BCUT2D eigenvalue weighted by molar-refractivity contribution is -0.401. The van der Waals surface area contributed by atoms with Gasteiger partial charge >= 0.3 is 5.97 Å². The predicted molar refractivity (Wildman–Crippen MR) is 283 cm³/mol. The number of hydrogen-bond donors (Lipinski definition) is 4. The molecule has 4 aromatic rings. The average Bonchev–Trinajstić information content (AvgIpc) is 3.90. The molecule has 4 aliphatic heterocycles. The van der Waals surface area contributed by atoms with E-state index in [0.29, 0.717) is 11.1 Å². The summed E-state index contributed by atoms with van der Waals surface area (Å²) in [7, 11) is 7.98. The Bertz CT molecular complexity index is 3460. The Labute approximate surface area is 427 Å². The van der Waals surface area contributed by atoms with Gasteiger partial charge < -0.3 is 25.1 Å². The van der Waals surface area contributed by atoms with Crippen LogP contribution in [0.3, 0.4) is 0 Å². The fourth-order valence-corrected chi connectivity index (χ4v) is 13.7. The number of aliphatic hydroxyl groups is 2. The predicted octanol–water partition coefficient (Wildman–Crippen LogP) is 9.29. The topological polar surface area (TPSA) is 154 Å². The van der Waals surface area contributed by atoms with Crippen molar-refractivity contribution in [2.75, 3.05) is 38.0 Å². The highest BCUT2D eigenvalue weighted by molar-refractivity contribution is 6.16. The van der Waals surface area contributed by atoms with Crippen LogP contribution < -0.4 is 9.80 Å². The lowest BCUT2D eigenvalue weighted by atomic mass is 9.70. The molecule has 4 N–H and O–H groups in total. The number of likely N-dealkylation sites (N-methyl/N-ethyl adjacent to an activating group) is 2. The summed E-state index contributed by atoms with van der Waals surface area (Å²) in [5.41, 5.74) is 16.0. The Kier molecular flexibility index (Phi) is 10.3. The second-order valence-electron chi connectivity index (χ2n) is 24.1. The molecule has 3 aliphatic carbocycles. The van der Waals surface area contributed by atoms with Gasteiger partial charge in [-0.15, -0.1) is 0 Å². The first kappa shape index (κ1) is 48.7. The number of fused-ring (bicyclic) bond motifs is 7. The van der Waals surface area contributed by atoms with Gasteiger partial charge in [-0.3, -0.25) is 14.8 Å². The van der Waals surface area contributed by atoms with E-state index in [1.54, 1.807) is 18.2 Å². The van der Waals surface area contributed by atoms with Crippen LogP contribution >= 0.6 is 0 Å². The van der Waals surface area contributed by atoms with Crippen molar-refractivity contribution >= 4 is 51.7 Å². The van der Waals surface area contributed by atoms with Crippen molar-refractivity contribution in [3.05, 3.63) is 152 Å². The number of hydrogen-bond acceptors (Lipinski definition) is 9. The highest BCUT2D eigenvalue weighted by Crippen LogP contribution is 2.57. The van der Waals surface area contributed by atoms with Crippen LogP contribution in [0, 0.1) is 11.8 Å². The third-order valence-electron chi connectivity index (χ3n) is 18.3. The molecule has 0 aromatic heterocycles. The van der Waals surface area contributed by atoms with E-state index in [2.05, 4.69) is 98.6 Å². The van der Waals surface area contributed by atoms with E-state index in [4.69, 9.17) is 5.26 Å². The molecule has 7 aliphatic rings. The van der Waals surface area contributed by atoms with Gasteiger partial charge in [0.2, 0.25) is 11.4 Å². The minimum absolute atomic E-state index is 0.0782. The van der Waals surface area contributed by atoms with Crippen molar-refractivity contribution < 1.29 is 49.0 Å². The number of Topliss-reactive ketones (excluding diaryl/α,β-unsaturated/α-hetero) is 2. The van der Waals surface area contributed by atoms with E-state index in [9.17, 15) is 29.7 Å². The number of rotatable bonds is 7. The molecule has 2 fully saturated rings. The fraction of sp³-hybridized carbons (Fsp3) is 0.393. The molecule has 0 spiro atoms. The third-order valence-corrected chi connectivity index (χ3v) is 18.3. The van der Waals surface area contributed by atoms with E-state index in [1.165, 1.54) is 11.1 Å². The number of anilines is 2. The molecule has 2 saturated carbocycles. The number of nitrogens with zero attached hydrogens (tertiary/aromatic N) is 4. The molecular formula is C61H66N4O8+2. The second-order valence-corrected chi connectivity index (χ2v) is 24.1. The zero-order valence-electron chi connectivity index (χ0n) is 44.3. The van der Waals surface area contributed by atoms with Gasteiger partial charge in [0.05, 0.1) is 40.4 Å². The van der Waals surface area contributed by atoms with E-state index in [1.807, 2.05) is 89.4 Å². The van der Waals surface area contributed by atoms with E-state index >= 15 is 0 Å². The van der Waals surface area contributed by atoms with Crippen LogP contribution in [0.2, 0.25) is 0 Å². The molecule has 73 heavy (non-hydrogen) atoms. The van der Waals surface area contributed by atoms with Gasteiger partial charge in [0.15, 0.2) is 23.0 Å². The normalized spacial score (nSPS) is 27.2. The summed E-state index contributed by atoms with van der Waals surface area (Å²) in [6.45, 7) is 21.6. The van der Waals surface area contributed by atoms with Crippen LogP contribution in [0.5, 0.6) is 0 Å². The van der Waals surface area contributed by atoms with E-state index in [0.717, 1.165) is 84.5 Å². The quantitative estimate of drug-likeness (QED) is 0.0610. The Morgan fingerprint density at radius 2 is 1.01 bits per heavy atom. The summed E-state index contributed by atoms with van der Waals surface area (Å²) in [5.74, 6) is -2.63. The van der Waals surface area contributed by atoms with Crippen LogP contribution in [0.4, 0.5) is 22.7 Å². The zero-order chi connectivity index (χ0) is 52.7. The summed E-state index contributed by atoms with van der Waals surface area (Å²) in [6, 6.07) is 20.3. The molecule has 4 unspecified atom stereocenters. The number of allylic oxidation sites excluding steroid dienone is 4. The number of ketones is 2. The maximum absolute atomic E-state index is 14.1. The third kappa shape index (κ3) is 6.42. The lowest BCUT2D eigenvalue weighted by Crippen LogP contribution is -2.46. The van der Waals surface area contributed by atoms with Gasteiger partial charge in [0, 0.05) is 99.7 Å². The standard InChI is InChI=1S/C61H64N4O8/c1-57(2)38-27-46-42(60(7,8)50(64(46)13)25-36-52(66)34(53(36)67)23-48-58(3,4)40-19-30(29-73-72)15-17-44(40)62(48)11)21-32(38)33-22-43-47(28-39(33)57)65(14)51(61(43,9)10)26-37-54(68)35(55(37)69)24-49-59(5,6)41-20-31(56(70)71)16-18-45(41)63(49)12/h15-28,34-35,52,54,66,68H,29H2,1-14H3/p+2. The summed E-state index contributed by atoms with van der Waals surface area (Å²) >= 11 is 0. The molecule has 0 saturated heterocycles. The van der Waals surface area contributed by atoms with Gasteiger partial charge in [0.25, 0.3) is 0 Å². The summed E-state index contributed by atoms with van der Waals surface area (Å²) in [4.78, 5) is 48.5. The highest BCUT2D eigenvalue weighted by atomic mass is 17.1. The van der Waals surface area contributed by atoms with Crippen LogP contribution in [-0.4, -0.2) is 99.1 Å². The summed E-state index contributed by atoms with van der Waals surface area (Å²) < 4.78 is 4.34. The monoisotopic (exact) mass is 982 g/mol. The van der Waals surface area contributed by atoms with Crippen molar-refractivity contribution in [3.8, 4) is 11.1 Å². The lowest BCUT2D eigenvalue weighted by Gasteiger charge is -2.35. The number of benzene rings is 4. The molecule has 11 rings (SSSR count). The van der Waals surface area contributed by atoms with Crippen LogP contribution in [-0.2, 0) is 48.2 Å². The number of carboxylic acid groups (broad SMARTS) is 1.